The van der Waals surface area contributed by atoms with Crippen molar-refractivity contribution in [1.82, 2.24) is 0 Å². The van der Waals surface area contributed by atoms with Gasteiger partial charge in [-0.05, 0) is 34.9 Å². The van der Waals surface area contributed by atoms with E-state index in [2.05, 4.69) is 0 Å². The SMILES string of the molecule is OC[C@H]1OC(c2cccc(-c3ccc4c(c3)OCO4)c2)[C@@H](O)CC1O. The van der Waals surface area contributed by atoms with Crippen molar-refractivity contribution in [3.8, 4) is 22.6 Å². The molecule has 0 aromatic heterocycles. The molecule has 2 unspecified atom stereocenters. The third-order valence-electron chi connectivity index (χ3n) is 4.68. The van der Waals surface area contributed by atoms with Crippen molar-refractivity contribution in [1.29, 1.82) is 0 Å². The van der Waals surface area contributed by atoms with Gasteiger partial charge in [0.05, 0.1) is 18.8 Å². The van der Waals surface area contributed by atoms with E-state index in [1.165, 1.54) is 0 Å². The van der Waals surface area contributed by atoms with Crippen LogP contribution in [-0.2, 0) is 4.74 Å². The summed E-state index contributed by atoms with van der Waals surface area (Å²) in [5.74, 6) is 1.44. The van der Waals surface area contributed by atoms with Gasteiger partial charge in [0.15, 0.2) is 11.5 Å². The fourth-order valence-corrected chi connectivity index (χ4v) is 3.33. The Morgan fingerprint density at radius 3 is 2.56 bits per heavy atom. The van der Waals surface area contributed by atoms with Crippen LogP contribution in [0.15, 0.2) is 42.5 Å². The number of benzene rings is 2. The normalized spacial score (nSPS) is 28.1. The molecule has 1 fully saturated rings. The lowest BCUT2D eigenvalue weighted by molar-refractivity contribution is -0.181. The summed E-state index contributed by atoms with van der Waals surface area (Å²) in [5.41, 5.74) is 2.72. The first-order valence-corrected chi connectivity index (χ1v) is 8.28. The monoisotopic (exact) mass is 344 g/mol. The zero-order valence-corrected chi connectivity index (χ0v) is 13.5. The maximum Gasteiger partial charge on any atom is 0.231 e. The van der Waals surface area contributed by atoms with Crippen LogP contribution in [0, 0.1) is 0 Å². The minimum atomic E-state index is -0.867. The van der Waals surface area contributed by atoms with Crippen LogP contribution in [0.1, 0.15) is 18.1 Å². The van der Waals surface area contributed by atoms with Gasteiger partial charge in [-0.1, -0.05) is 24.3 Å². The Hall–Kier alpha value is -2.12. The molecule has 25 heavy (non-hydrogen) atoms. The van der Waals surface area contributed by atoms with E-state index in [0.717, 1.165) is 22.4 Å². The molecule has 3 N–H and O–H groups in total. The van der Waals surface area contributed by atoms with E-state index in [-0.39, 0.29) is 19.8 Å². The Morgan fingerprint density at radius 2 is 1.72 bits per heavy atom. The highest BCUT2D eigenvalue weighted by Gasteiger charge is 2.36. The van der Waals surface area contributed by atoms with E-state index < -0.39 is 24.4 Å². The molecular weight excluding hydrogens is 324 g/mol. The highest BCUT2D eigenvalue weighted by molar-refractivity contribution is 5.68. The second kappa shape index (κ2) is 6.65. The molecule has 6 nitrogen and oxygen atoms in total. The van der Waals surface area contributed by atoms with Crippen molar-refractivity contribution in [2.45, 2.75) is 30.8 Å². The molecule has 132 valence electrons. The molecule has 1 saturated heterocycles. The molecule has 4 atom stereocenters. The Labute approximate surface area is 145 Å². The van der Waals surface area contributed by atoms with Crippen LogP contribution < -0.4 is 9.47 Å². The van der Waals surface area contributed by atoms with Crippen molar-refractivity contribution in [2.24, 2.45) is 0 Å². The zero-order valence-electron chi connectivity index (χ0n) is 13.5. The van der Waals surface area contributed by atoms with Crippen molar-refractivity contribution >= 4 is 0 Å². The van der Waals surface area contributed by atoms with E-state index in [9.17, 15) is 15.3 Å². The summed E-state index contributed by atoms with van der Waals surface area (Å²) in [6.45, 7) is -0.0575. The summed E-state index contributed by atoms with van der Waals surface area (Å²) < 4.78 is 16.5. The fraction of sp³-hybridized carbons (Fsp3) is 0.368. The van der Waals surface area contributed by atoms with E-state index in [1.807, 2.05) is 42.5 Å². The average Bonchev–Trinajstić information content (AvgIpc) is 3.09. The van der Waals surface area contributed by atoms with Crippen LogP contribution in [0.25, 0.3) is 11.1 Å². The highest BCUT2D eigenvalue weighted by Crippen LogP contribution is 2.38. The van der Waals surface area contributed by atoms with E-state index in [4.69, 9.17) is 14.2 Å². The predicted molar refractivity (Wildman–Crippen MR) is 89.3 cm³/mol. The Morgan fingerprint density at radius 1 is 0.920 bits per heavy atom. The summed E-state index contributed by atoms with van der Waals surface area (Å²) in [6, 6.07) is 13.4. The van der Waals surface area contributed by atoms with Gasteiger partial charge in [-0.25, -0.2) is 0 Å². The highest BCUT2D eigenvalue weighted by atomic mass is 16.7. The van der Waals surface area contributed by atoms with Gasteiger partial charge in [-0.2, -0.15) is 0 Å². The quantitative estimate of drug-likeness (QED) is 0.784. The van der Waals surface area contributed by atoms with Crippen LogP contribution in [0.3, 0.4) is 0 Å². The summed E-state index contributed by atoms with van der Waals surface area (Å²) in [4.78, 5) is 0. The number of rotatable bonds is 3. The molecule has 0 radical (unpaired) electrons. The largest absolute Gasteiger partial charge is 0.454 e. The first kappa shape index (κ1) is 16.4. The van der Waals surface area contributed by atoms with Crippen molar-refractivity contribution in [3.63, 3.8) is 0 Å². The van der Waals surface area contributed by atoms with Gasteiger partial charge in [0, 0.05) is 6.42 Å². The molecular formula is C19H20O6. The first-order chi connectivity index (χ1) is 12.2. The Bertz CT molecular complexity index is 761. The summed E-state index contributed by atoms with van der Waals surface area (Å²) in [5, 5.41) is 29.5. The second-order valence-electron chi connectivity index (χ2n) is 6.34. The molecule has 0 bridgehead atoms. The lowest BCUT2D eigenvalue weighted by Gasteiger charge is -2.36. The van der Waals surface area contributed by atoms with E-state index >= 15 is 0 Å². The van der Waals surface area contributed by atoms with Gasteiger partial charge in [-0.15, -0.1) is 0 Å². The van der Waals surface area contributed by atoms with Gasteiger partial charge >= 0.3 is 0 Å². The van der Waals surface area contributed by atoms with E-state index in [1.54, 1.807) is 0 Å². The number of ether oxygens (including phenoxy) is 3. The lowest BCUT2D eigenvalue weighted by atomic mass is 9.92. The Balaban J connectivity index is 1.63. The lowest BCUT2D eigenvalue weighted by Crippen LogP contribution is -2.44. The van der Waals surface area contributed by atoms with Gasteiger partial charge in [0.25, 0.3) is 0 Å². The number of aliphatic hydroxyl groups is 3. The molecule has 0 spiro atoms. The first-order valence-electron chi connectivity index (χ1n) is 8.28. The van der Waals surface area contributed by atoms with Gasteiger partial charge in [0.2, 0.25) is 6.79 Å². The summed E-state index contributed by atoms with van der Waals surface area (Å²) >= 11 is 0. The summed E-state index contributed by atoms with van der Waals surface area (Å²) in [6.07, 6.45) is -2.81. The Kier molecular flexibility index (Phi) is 4.35. The van der Waals surface area contributed by atoms with Crippen LogP contribution in [0.5, 0.6) is 11.5 Å². The minimum absolute atomic E-state index is 0.171. The van der Waals surface area contributed by atoms with Crippen molar-refractivity contribution in [2.75, 3.05) is 13.4 Å². The van der Waals surface area contributed by atoms with Crippen molar-refractivity contribution in [3.05, 3.63) is 48.0 Å². The number of hydrogen-bond acceptors (Lipinski definition) is 6. The third kappa shape index (κ3) is 3.09. The van der Waals surface area contributed by atoms with Crippen LogP contribution in [0.4, 0.5) is 0 Å². The summed E-state index contributed by atoms with van der Waals surface area (Å²) in [7, 11) is 0. The van der Waals surface area contributed by atoms with E-state index in [0.29, 0.717) is 5.75 Å². The minimum Gasteiger partial charge on any atom is -0.454 e. The molecule has 2 heterocycles. The molecule has 0 saturated carbocycles. The fourth-order valence-electron chi connectivity index (χ4n) is 3.33. The van der Waals surface area contributed by atoms with Gasteiger partial charge in [-0.3, -0.25) is 0 Å². The third-order valence-corrected chi connectivity index (χ3v) is 4.68. The molecule has 6 heteroatoms. The second-order valence-corrected chi connectivity index (χ2v) is 6.34. The van der Waals surface area contributed by atoms with Crippen molar-refractivity contribution < 1.29 is 29.5 Å². The standard InChI is InChI=1S/C19H20O6/c20-9-18-14(21)8-15(22)19(25-18)13-3-1-2-11(6-13)12-4-5-16-17(7-12)24-10-23-16/h1-7,14-15,18-22H,8-10H2/t14?,15-,18+,19?/m0/s1. The molecule has 2 aliphatic rings. The van der Waals surface area contributed by atoms with Crippen LogP contribution >= 0.6 is 0 Å². The molecule has 2 aromatic rings. The van der Waals surface area contributed by atoms with Crippen LogP contribution in [-0.4, -0.2) is 47.0 Å². The van der Waals surface area contributed by atoms with Crippen LogP contribution in [0.2, 0.25) is 0 Å². The molecule has 0 aliphatic carbocycles. The van der Waals surface area contributed by atoms with Gasteiger partial charge < -0.3 is 29.5 Å². The molecule has 2 aliphatic heterocycles. The number of hydrogen-bond donors (Lipinski definition) is 3. The number of fused-ring (bicyclic) bond motifs is 1. The maximum atomic E-state index is 10.3. The molecule has 0 amide bonds. The maximum absolute atomic E-state index is 10.3. The zero-order chi connectivity index (χ0) is 17.4. The smallest absolute Gasteiger partial charge is 0.231 e. The number of aliphatic hydroxyl groups excluding tert-OH is 3. The topological polar surface area (TPSA) is 88.4 Å². The average molecular weight is 344 g/mol. The predicted octanol–water partition coefficient (Wildman–Crippen LogP) is 1.63. The molecule has 4 rings (SSSR count). The van der Waals surface area contributed by atoms with Gasteiger partial charge in [0.1, 0.15) is 12.2 Å². The molecule has 2 aromatic carbocycles.